The molecule has 0 bridgehead atoms. The molecule has 0 unspecified atom stereocenters. The standard InChI is InChI=1S/C24H27ClN8O3/c1-30(2)8-9-31(3)19-12-21(36-5)18(11-20(19)33(34)35)28-24-27-14-17(25)22(29-24)16-10-15-6-7-32(4)23(15)26-13-16/h6-7,10-14H,8-9H2,1-5H3,(H,27,28,29). The fraction of sp³-hybridized carbons (Fsp3) is 0.292. The van der Waals surface area contributed by atoms with Gasteiger partial charge in [-0.15, -0.1) is 0 Å². The number of aromatic nitrogens is 4. The fourth-order valence-electron chi connectivity index (χ4n) is 3.78. The molecule has 36 heavy (non-hydrogen) atoms. The number of likely N-dealkylation sites (N-methyl/N-ethyl adjacent to an activating group) is 2. The maximum Gasteiger partial charge on any atom is 0.294 e. The summed E-state index contributed by atoms with van der Waals surface area (Å²) in [5.41, 5.74) is 2.80. The van der Waals surface area contributed by atoms with E-state index in [1.165, 1.54) is 19.4 Å². The van der Waals surface area contributed by atoms with Gasteiger partial charge in [-0.1, -0.05) is 11.6 Å². The zero-order valence-corrected chi connectivity index (χ0v) is 21.4. The van der Waals surface area contributed by atoms with E-state index in [4.69, 9.17) is 16.3 Å². The maximum absolute atomic E-state index is 11.9. The van der Waals surface area contributed by atoms with Gasteiger partial charge < -0.3 is 24.4 Å². The number of benzene rings is 1. The van der Waals surface area contributed by atoms with E-state index < -0.39 is 4.92 Å². The van der Waals surface area contributed by atoms with Gasteiger partial charge in [0.15, 0.2) is 0 Å². The number of methoxy groups -OCH3 is 1. The maximum atomic E-state index is 11.9. The Hall–Kier alpha value is -3.96. The topological polar surface area (TPSA) is 114 Å². The van der Waals surface area contributed by atoms with Crippen molar-refractivity contribution >= 4 is 45.6 Å². The van der Waals surface area contributed by atoms with Crippen LogP contribution in [0.4, 0.5) is 23.0 Å². The lowest BCUT2D eigenvalue weighted by Gasteiger charge is -2.22. The molecule has 0 fully saturated rings. The van der Waals surface area contributed by atoms with Crippen LogP contribution in [0.1, 0.15) is 0 Å². The number of nitro benzene ring substituents is 1. The Bertz CT molecular complexity index is 1420. The molecule has 0 aliphatic carbocycles. The Morgan fingerprint density at radius 2 is 1.94 bits per heavy atom. The zero-order valence-electron chi connectivity index (χ0n) is 20.7. The normalized spacial score (nSPS) is 11.2. The van der Waals surface area contributed by atoms with Gasteiger partial charge in [0, 0.05) is 62.7 Å². The minimum Gasteiger partial charge on any atom is -0.494 e. The number of nitrogens with zero attached hydrogens (tertiary/aromatic N) is 7. The molecule has 3 aromatic heterocycles. The van der Waals surface area contributed by atoms with Crippen molar-refractivity contribution < 1.29 is 9.66 Å². The second-order valence-corrected chi connectivity index (χ2v) is 9.01. The third-order valence-electron chi connectivity index (χ3n) is 5.76. The molecule has 188 valence electrons. The molecule has 1 aromatic carbocycles. The Balaban J connectivity index is 1.70. The number of nitro groups is 1. The van der Waals surface area contributed by atoms with Crippen molar-refractivity contribution in [3.05, 3.63) is 58.0 Å². The highest BCUT2D eigenvalue weighted by Crippen LogP contribution is 2.39. The van der Waals surface area contributed by atoms with Crippen LogP contribution < -0.4 is 15.0 Å². The molecule has 4 aromatic rings. The minimum atomic E-state index is -0.416. The fourth-order valence-corrected chi connectivity index (χ4v) is 3.98. The number of anilines is 3. The van der Waals surface area contributed by atoms with Crippen LogP contribution in [-0.2, 0) is 7.05 Å². The molecule has 0 aliphatic heterocycles. The average Bonchev–Trinajstić information content (AvgIpc) is 3.23. The molecule has 0 radical (unpaired) electrons. The van der Waals surface area contributed by atoms with Crippen molar-refractivity contribution in [2.24, 2.45) is 7.05 Å². The predicted molar refractivity (Wildman–Crippen MR) is 142 cm³/mol. The van der Waals surface area contributed by atoms with Crippen LogP contribution in [-0.4, -0.2) is 70.7 Å². The van der Waals surface area contributed by atoms with Crippen LogP contribution in [0.15, 0.2) is 42.9 Å². The summed E-state index contributed by atoms with van der Waals surface area (Å²) in [4.78, 5) is 28.7. The molecule has 0 saturated carbocycles. The second kappa shape index (κ2) is 10.3. The van der Waals surface area contributed by atoms with Gasteiger partial charge in [-0.2, -0.15) is 0 Å². The molecule has 1 N–H and O–H groups in total. The molecule has 0 aliphatic rings. The quantitative estimate of drug-likeness (QED) is 0.259. The molecule has 3 heterocycles. The first kappa shape index (κ1) is 25.1. The van der Waals surface area contributed by atoms with Crippen LogP contribution in [0.5, 0.6) is 5.75 Å². The highest BCUT2D eigenvalue weighted by molar-refractivity contribution is 6.33. The number of ether oxygens (including phenoxy) is 1. The van der Waals surface area contributed by atoms with Gasteiger partial charge in [-0.05, 0) is 26.2 Å². The summed E-state index contributed by atoms with van der Waals surface area (Å²) >= 11 is 6.41. The van der Waals surface area contributed by atoms with Gasteiger partial charge in [0.1, 0.15) is 17.1 Å². The molecule has 0 spiro atoms. The van der Waals surface area contributed by atoms with E-state index in [1.54, 1.807) is 12.3 Å². The van der Waals surface area contributed by atoms with Gasteiger partial charge in [0.05, 0.1) is 34.6 Å². The largest absolute Gasteiger partial charge is 0.494 e. The van der Waals surface area contributed by atoms with Crippen LogP contribution in [0.25, 0.3) is 22.3 Å². The molecule has 4 rings (SSSR count). The summed E-state index contributed by atoms with van der Waals surface area (Å²) in [7, 11) is 9.14. The highest BCUT2D eigenvalue weighted by Gasteiger charge is 2.22. The lowest BCUT2D eigenvalue weighted by molar-refractivity contribution is -0.384. The van der Waals surface area contributed by atoms with Crippen LogP contribution >= 0.6 is 11.6 Å². The number of rotatable bonds is 9. The monoisotopic (exact) mass is 510 g/mol. The second-order valence-electron chi connectivity index (χ2n) is 8.60. The van der Waals surface area contributed by atoms with Crippen LogP contribution in [0.3, 0.4) is 0 Å². The molecule has 0 atom stereocenters. The number of halogens is 1. The number of pyridine rings is 1. The van der Waals surface area contributed by atoms with Crippen molar-refractivity contribution in [2.75, 3.05) is 51.6 Å². The smallest absolute Gasteiger partial charge is 0.294 e. The first-order chi connectivity index (χ1) is 17.2. The summed E-state index contributed by atoms with van der Waals surface area (Å²) in [5.74, 6) is 0.628. The summed E-state index contributed by atoms with van der Waals surface area (Å²) in [5, 5.41) is 16.3. The molecule has 11 nitrogen and oxygen atoms in total. The van der Waals surface area contributed by atoms with Crippen LogP contribution in [0.2, 0.25) is 5.02 Å². The lowest BCUT2D eigenvalue weighted by Crippen LogP contribution is -2.28. The first-order valence-corrected chi connectivity index (χ1v) is 11.5. The number of hydrogen-bond acceptors (Lipinski definition) is 9. The predicted octanol–water partition coefficient (Wildman–Crippen LogP) is 4.34. The van der Waals surface area contributed by atoms with E-state index in [9.17, 15) is 10.1 Å². The molecular formula is C24H27ClN8O3. The number of nitrogens with one attached hydrogen (secondary N) is 1. The van der Waals surface area contributed by atoms with Crippen molar-refractivity contribution in [1.29, 1.82) is 0 Å². The number of fused-ring (bicyclic) bond motifs is 1. The van der Waals surface area contributed by atoms with Gasteiger partial charge >= 0.3 is 0 Å². The number of hydrogen-bond donors (Lipinski definition) is 1. The first-order valence-electron chi connectivity index (χ1n) is 11.1. The Kier molecular flexibility index (Phi) is 7.22. The molecule has 0 amide bonds. The third-order valence-corrected chi connectivity index (χ3v) is 6.03. The highest BCUT2D eigenvalue weighted by atomic mass is 35.5. The van der Waals surface area contributed by atoms with Crippen molar-refractivity contribution in [3.8, 4) is 17.0 Å². The van der Waals surface area contributed by atoms with E-state index in [0.717, 1.165) is 23.1 Å². The zero-order chi connectivity index (χ0) is 26.0. The van der Waals surface area contributed by atoms with E-state index in [2.05, 4.69) is 20.3 Å². The van der Waals surface area contributed by atoms with Gasteiger partial charge in [-0.3, -0.25) is 10.1 Å². The molecule has 12 heteroatoms. The van der Waals surface area contributed by atoms with Crippen molar-refractivity contribution in [2.45, 2.75) is 0 Å². The Morgan fingerprint density at radius 3 is 2.64 bits per heavy atom. The van der Waals surface area contributed by atoms with E-state index in [0.29, 0.717) is 34.4 Å². The summed E-state index contributed by atoms with van der Waals surface area (Å²) in [6, 6.07) is 6.97. The molecular weight excluding hydrogens is 484 g/mol. The van der Waals surface area contributed by atoms with Crippen molar-refractivity contribution in [3.63, 3.8) is 0 Å². The van der Waals surface area contributed by atoms with E-state index in [1.807, 2.05) is 60.9 Å². The number of aryl methyl sites for hydroxylation is 1. The Morgan fingerprint density at radius 1 is 1.17 bits per heavy atom. The third kappa shape index (κ3) is 5.16. The summed E-state index contributed by atoms with van der Waals surface area (Å²) in [6.07, 6.45) is 5.10. The molecule has 0 saturated heterocycles. The van der Waals surface area contributed by atoms with Gasteiger partial charge in [0.2, 0.25) is 5.95 Å². The minimum absolute atomic E-state index is 0.0625. The summed E-state index contributed by atoms with van der Waals surface area (Å²) < 4.78 is 7.47. The SMILES string of the molecule is COc1cc(N(C)CCN(C)C)c([N+](=O)[O-])cc1Nc1ncc(Cl)c(-c2cnc3c(ccn3C)c2)n1. The van der Waals surface area contributed by atoms with E-state index >= 15 is 0 Å². The lowest BCUT2D eigenvalue weighted by atomic mass is 10.1. The Labute approximate surface area is 213 Å². The van der Waals surface area contributed by atoms with Crippen molar-refractivity contribution in [1.82, 2.24) is 24.4 Å². The van der Waals surface area contributed by atoms with Gasteiger partial charge in [0.25, 0.3) is 5.69 Å². The van der Waals surface area contributed by atoms with Gasteiger partial charge in [-0.25, -0.2) is 15.0 Å². The van der Waals surface area contributed by atoms with E-state index in [-0.39, 0.29) is 11.6 Å². The summed E-state index contributed by atoms with van der Waals surface area (Å²) in [6.45, 7) is 1.34. The van der Waals surface area contributed by atoms with Crippen LogP contribution in [0, 0.1) is 10.1 Å². The average molecular weight is 511 g/mol.